The first-order chi connectivity index (χ1) is 7.01. The van der Waals surface area contributed by atoms with E-state index in [0.29, 0.717) is 16.7 Å². The molecule has 5 heteroatoms. The highest BCUT2D eigenvalue weighted by atomic mass is 32.2. The van der Waals surface area contributed by atoms with Gasteiger partial charge in [-0.25, -0.2) is 0 Å². The summed E-state index contributed by atoms with van der Waals surface area (Å²) in [6.45, 7) is 0. The molecule has 0 amide bonds. The molecular weight excluding hydrogens is 225 g/mol. The van der Waals surface area contributed by atoms with Gasteiger partial charge in [-0.2, -0.15) is 13.2 Å². The number of carbonyl (C=O) groups is 1. The van der Waals surface area contributed by atoms with Crippen molar-refractivity contribution in [3.05, 3.63) is 29.8 Å². The average molecular weight is 234 g/mol. The molecule has 0 aliphatic carbocycles. The molecule has 0 fully saturated rings. The quantitative estimate of drug-likeness (QED) is 0.585. The van der Waals surface area contributed by atoms with Crippen molar-refractivity contribution in [2.75, 3.05) is 5.75 Å². The molecule has 0 aromatic heterocycles. The Hall–Kier alpha value is -0.970. The van der Waals surface area contributed by atoms with E-state index in [1.54, 1.807) is 24.3 Å². The van der Waals surface area contributed by atoms with Crippen molar-refractivity contribution in [1.29, 1.82) is 0 Å². The van der Waals surface area contributed by atoms with Gasteiger partial charge < -0.3 is 0 Å². The van der Waals surface area contributed by atoms with Crippen LogP contribution in [0.3, 0.4) is 0 Å². The van der Waals surface area contributed by atoms with Crippen LogP contribution in [-0.2, 0) is 0 Å². The summed E-state index contributed by atoms with van der Waals surface area (Å²) in [4.78, 5) is 11.1. The number of hydrogen-bond acceptors (Lipinski definition) is 2. The van der Waals surface area contributed by atoms with E-state index in [9.17, 15) is 18.0 Å². The van der Waals surface area contributed by atoms with Gasteiger partial charge in [0.05, 0.1) is 6.42 Å². The Balaban J connectivity index is 2.47. The molecular formula is C10H9F3OS. The van der Waals surface area contributed by atoms with Crippen LogP contribution in [0.2, 0.25) is 0 Å². The van der Waals surface area contributed by atoms with Crippen LogP contribution in [0.1, 0.15) is 16.8 Å². The van der Waals surface area contributed by atoms with Gasteiger partial charge in [0, 0.05) is 16.2 Å². The highest BCUT2D eigenvalue weighted by Crippen LogP contribution is 2.26. The fourth-order valence-electron chi connectivity index (χ4n) is 0.962. The minimum atomic E-state index is -4.12. The van der Waals surface area contributed by atoms with E-state index >= 15 is 0 Å². The molecule has 0 atom stereocenters. The van der Waals surface area contributed by atoms with Crippen molar-refractivity contribution in [2.45, 2.75) is 17.5 Å². The van der Waals surface area contributed by atoms with Crippen molar-refractivity contribution >= 4 is 18.0 Å². The lowest BCUT2D eigenvalue weighted by Gasteiger charge is -2.05. The van der Waals surface area contributed by atoms with E-state index in [-0.39, 0.29) is 5.75 Å². The summed E-state index contributed by atoms with van der Waals surface area (Å²) in [5, 5.41) is 0. The van der Waals surface area contributed by atoms with E-state index in [1.807, 2.05) is 0 Å². The maximum absolute atomic E-state index is 11.8. The van der Waals surface area contributed by atoms with Crippen LogP contribution in [0.5, 0.6) is 0 Å². The number of aldehydes is 1. The van der Waals surface area contributed by atoms with Gasteiger partial charge >= 0.3 is 6.18 Å². The highest BCUT2D eigenvalue weighted by Gasteiger charge is 2.26. The number of carbonyl (C=O) groups excluding carboxylic acids is 1. The molecule has 1 rings (SSSR count). The lowest BCUT2D eigenvalue weighted by molar-refractivity contribution is -0.129. The molecule has 0 spiro atoms. The molecule has 0 heterocycles. The standard InChI is InChI=1S/C10H9F3OS/c11-10(12,13)4-5-15-9-3-1-2-8(6-9)7-14/h1-3,6-7H,4-5H2. The third-order valence-corrected chi connectivity index (χ3v) is 2.64. The molecule has 1 aromatic rings. The first kappa shape index (κ1) is 12.1. The summed E-state index contributed by atoms with van der Waals surface area (Å²) >= 11 is 1.10. The van der Waals surface area contributed by atoms with Gasteiger partial charge in [0.2, 0.25) is 0 Å². The maximum Gasteiger partial charge on any atom is 0.389 e. The minimum Gasteiger partial charge on any atom is -0.298 e. The van der Waals surface area contributed by atoms with E-state index in [1.165, 1.54) is 0 Å². The van der Waals surface area contributed by atoms with E-state index in [0.717, 1.165) is 11.8 Å². The number of hydrogen-bond donors (Lipinski definition) is 0. The zero-order valence-corrected chi connectivity index (χ0v) is 8.57. The lowest BCUT2D eigenvalue weighted by Crippen LogP contribution is -2.07. The molecule has 0 aliphatic heterocycles. The molecule has 1 aromatic carbocycles. The summed E-state index contributed by atoms with van der Waals surface area (Å²) in [6.07, 6.45) is -4.26. The molecule has 82 valence electrons. The van der Waals surface area contributed by atoms with Crippen LogP contribution in [-0.4, -0.2) is 18.2 Å². The zero-order valence-electron chi connectivity index (χ0n) is 7.75. The van der Waals surface area contributed by atoms with Gasteiger partial charge in [-0.15, -0.1) is 11.8 Å². The second-order valence-electron chi connectivity index (χ2n) is 2.90. The fourth-order valence-corrected chi connectivity index (χ4v) is 1.93. The Morgan fingerprint density at radius 2 is 2.07 bits per heavy atom. The Morgan fingerprint density at radius 3 is 2.67 bits per heavy atom. The second-order valence-corrected chi connectivity index (χ2v) is 4.07. The van der Waals surface area contributed by atoms with E-state index in [4.69, 9.17) is 0 Å². The van der Waals surface area contributed by atoms with E-state index < -0.39 is 12.6 Å². The third kappa shape index (κ3) is 4.88. The van der Waals surface area contributed by atoms with Crippen molar-refractivity contribution in [3.8, 4) is 0 Å². The lowest BCUT2D eigenvalue weighted by atomic mass is 10.2. The molecule has 1 nitrogen and oxygen atoms in total. The van der Waals surface area contributed by atoms with Crippen molar-refractivity contribution in [3.63, 3.8) is 0 Å². The first-order valence-corrected chi connectivity index (χ1v) is 5.24. The van der Waals surface area contributed by atoms with Crippen molar-refractivity contribution < 1.29 is 18.0 Å². The minimum absolute atomic E-state index is 0.0220. The normalized spacial score (nSPS) is 11.4. The van der Waals surface area contributed by atoms with Crippen LogP contribution in [0.4, 0.5) is 13.2 Å². The summed E-state index contributed by atoms with van der Waals surface area (Å²) < 4.78 is 35.5. The van der Waals surface area contributed by atoms with Gasteiger partial charge in [-0.05, 0) is 12.1 Å². The number of thioether (sulfide) groups is 1. The Morgan fingerprint density at radius 1 is 1.33 bits per heavy atom. The van der Waals surface area contributed by atoms with Gasteiger partial charge in [-0.3, -0.25) is 4.79 Å². The average Bonchev–Trinajstić information content (AvgIpc) is 2.16. The zero-order chi connectivity index (χ0) is 11.3. The van der Waals surface area contributed by atoms with Crippen LogP contribution in [0, 0.1) is 0 Å². The molecule has 0 radical (unpaired) electrons. The van der Waals surface area contributed by atoms with Crippen LogP contribution < -0.4 is 0 Å². The largest absolute Gasteiger partial charge is 0.389 e. The molecule has 0 saturated heterocycles. The van der Waals surface area contributed by atoms with Gasteiger partial charge in [-0.1, -0.05) is 12.1 Å². The van der Waals surface area contributed by atoms with Crippen molar-refractivity contribution in [1.82, 2.24) is 0 Å². The Bertz CT molecular complexity index is 336. The summed E-state index contributed by atoms with van der Waals surface area (Å²) in [5.41, 5.74) is 0.479. The monoisotopic (exact) mass is 234 g/mol. The predicted octanol–water partition coefficient (Wildman–Crippen LogP) is 3.54. The van der Waals surface area contributed by atoms with Gasteiger partial charge in [0.25, 0.3) is 0 Å². The molecule has 0 saturated carbocycles. The smallest absolute Gasteiger partial charge is 0.298 e. The molecule has 0 bridgehead atoms. The molecule has 0 unspecified atom stereocenters. The number of rotatable bonds is 4. The topological polar surface area (TPSA) is 17.1 Å². The molecule has 0 aliphatic rings. The van der Waals surface area contributed by atoms with Crippen LogP contribution >= 0.6 is 11.8 Å². The summed E-state index contributed by atoms with van der Waals surface area (Å²) in [7, 11) is 0. The maximum atomic E-state index is 11.8. The number of benzene rings is 1. The highest BCUT2D eigenvalue weighted by molar-refractivity contribution is 7.99. The van der Waals surface area contributed by atoms with Crippen LogP contribution in [0.25, 0.3) is 0 Å². The number of alkyl halides is 3. The predicted molar refractivity (Wildman–Crippen MR) is 53.2 cm³/mol. The Labute approximate surface area is 89.7 Å². The summed E-state index contributed by atoms with van der Waals surface area (Å²) in [6, 6.07) is 6.53. The van der Waals surface area contributed by atoms with Gasteiger partial charge in [0.1, 0.15) is 6.29 Å². The Kier molecular flexibility index (Phi) is 4.20. The summed E-state index contributed by atoms with van der Waals surface area (Å²) in [5.74, 6) is -0.0220. The third-order valence-electron chi connectivity index (χ3n) is 1.65. The number of halogens is 3. The molecule has 15 heavy (non-hydrogen) atoms. The van der Waals surface area contributed by atoms with Crippen molar-refractivity contribution in [2.24, 2.45) is 0 Å². The SMILES string of the molecule is O=Cc1cccc(SCCC(F)(F)F)c1. The second kappa shape index (κ2) is 5.21. The van der Waals surface area contributed by atoms with Crippen LogP contribution in [0.15, 0.2) is 29.2 Å². The van der Waals surface area contributed by atoms with Gasteiger partial charge in [0.15, 0.2) is 0 Å². The fraction of sp³-hybridized carbons (Fsp3) is 0.300. The first-order valence-electron chi connectivity index (χ1n) is 4.26. The van der Waals surface area contributed by atoms with E-state index in [2.05, 4.69) is 0 Å². The molecule has 0 N–H and O–H groups in total.